The van der Waals surface area contributed by atoms with Crippen LogP contribution in [0.3, 0.4) is 0 Å². The molecule has 0 spiro atoms. The number of nitrogens with two attached hydrogens (primary N) is 1. The Bertz CT molecular complexity index is 284. The molecule has 0 aliphatic heterocycles. The largest absolute Gasteiger partial charge is 0.398 e. The lowest BCUT2D eigenvalue weighted by molar-refractivity contribution is 0.113. The van der Waals surface area contributed by atoms with E-state index in [1.807, 2.05) is 25.1 Å². The van der Waals surface area contributed by atoms with Crippen LogP contribution in [0.1, 0.15) is 5.56 Å². The molecule has 4 N–H and O–H groups in total. The monoisotopic (exact) mass is 213 g/mol. The van der Waals surface area contributed by atoms with E-state index in [1.54, 1.807) is 0 Å². The van der Waals surface area contributed by atoms with Gasteiger partial charge in [-0.1, -0.05) is 12.1 Å². The molecule has 0 aliphatic rings. The van der Waals surface area contributed by atoms with Crippen LogP contribution in [0, 0.1) is 6.92 Å². The fourth-order valence-electron chi connectivity index (χ4n) is 1.10. The van der Waals surface area contributed by atoms with Gasteiger partial charge in [0.15, 0.2) is 0 Å². The average molecular weight is 213 g/mol. The third-order valence-electron chi connectivity index (χ3n) is 1.87. The molecule has 4 heteroatoms. The van der Waals surface area contributed by atoms with Gasteiger partial charge in [0.05, 0.1) is 12.7 Å². The first-order valence-electron chi connectivity index (χ1n) is 4.42. The van der Waals surface area contributed by atoms with Crippen LogP contribution in [-0.4, -0.2) is 28.7 Å². The number of aliphatic hydroxyl groups is 2. The third kappa shape index (κ3) is 2.90. The number of anilines is 1. The lowest BCUT2D eigenvalue weighted by Gasteiger charge is -2.10. The summed E-state index contributed by atoms with van der Waals surface area (Å²) in [6.45, 7) is 1.77. The average Bonchev–Trinajstić information content (AvgIpc) is 2.16. The van der Waals surface area contributed by atoms with Crippen molar-refractivity contribution in [3.05, 3.63) is 23.8 Å². The van der Waals surface area contributed by atoms with Gasteiger partial charge < -0.3 is 15.9 Å². The summed E-state index contributed by atoms with van der Waals surface area (Å²) in [7, 11) is 0. The van der Waals surface area contributed by atoms with Gasteiger partial charge >= 0.3 is 0 Å². The molecule has 0 saturated carbocycles. The highest BCUT2D eigenvalue weighted by Gasteiger charge is 2.07. The second-order valence-corrected chi connectivity index (χ2v) is 4.17. The minimum Gasteiger partial charge on any atom is -0.398 e. The van der Waals surface area contributed by atoms with Gasteiger partial charge in [-0.3, -0.25) is 0 Å². The molecule has 0 aromatic heterocycles. The highest BCUT2D eigenvalue weighted by Crippen LogP contribution is 2.28. The summed E-state index contributed by atoms with van der Waals surface area (Å²) in [4.78, 5) is 0.986. The number of thioether (sulfide) groups is 1. The van der Waals surface area contributed by atoms with Crippen molar-refractivity contribution in [1.82, 2.24) is 0 Å². The Kier molecular flexibility index (Phi) is 4.25. The van der Waals surface area contributed by atoms with Crippen LogP contribution in [-0.2, 0) is 0 Å². The van der Waals surface area contributed by atoms with Gasteiger partial charge in [-0.25, -0.2) is 0 Å². The van der Waals surface area contributed by atoms with Crippen LogP contribution >= 0.6 is 11.8 Å². The Morgan fingerprint density at radius 2 is 2.21 bits per heavy atom. The number of benzene rings is 1. The summed E-state index contributed by atoms with van der Waals surface area (Å²) >= 11 is 1.47. The molecule has 0 radical (unpaired) electrons. The third-order valence-corrected chi connectivity index (χ3v) is 3.27. The molecule has 1 aromatic carbocycles. The van der Waals surface area contributed by atoms with E-state index in [0.717, 1.165) is 16.1 Å². The summed E-state index contributed by atoms with van der Waals surface area (Å²) in [5.74, 6) is 0.464. The predicted molar refractivity (Wildman–Crippen MR) is 59.4 cm³/mol. The lowest BCUT2D eigenvalue weighted by Crippen LogP contribution is -2.14. The minimum absolute atomic E-state index is 0.210. The molecular formula is C10H15NO2S. The summed E-state index contributed by atoms with van der Waals surface area (Å²) in [6, 6.07) is 5.71. The SMILES string of the molecule is Cc1cccc(N)c1SCC(O)CO. The highest BCUT2D eigenvalue weighted by atomic mass is 32.2. The molecule has 0 fully saturated rings. The fraction of sp³-hybridized carbons (Fsp3) is 0.400. The molecule has 1 rings (SSSR count). The number of hydrogen-bond donors (Lipinski definition) is 3. The molecule has 78 valence electrons. The standard InChI is InChI=1S/C10H15NO2S/c1-7-3-2-4-9(11)10(7)14-6-8(13)5-12/h2-4,8,12-13H,5-6,11H2,1H3. The molecule has 1 aromatic rings. The maximum atomic E-state index is 9.19. The van der Waals surface area contributed by atoms with Gasteiger partial charge in [0.25, 0.3) is 0 Å². The Hall–Kier alpha value is -0.710. The van der Waals surface area contributed by atoms with Crippen LogP contribution in [0.2, 0.25) is 0 Å². The van der Waals surface area contributed by atoms with Crippen molar-refractivity contribution in [3.63, 3.8) is 0 Å². The van der Waals surface area contributed by atoms with E-state index in [2.05, 4.69) is 0 Å². The molecule has 0 heterocycles. The van der Waals surface area contributed by atoms with E-state index in [9.17, 15) is 5.11 Å². The Morgan fingerprint density at radius 1 is 1.50 bits per heavy atom. The number of aliphatic hydroxyl groups excluding tert-OH is 2. The van der Waals surface area contributed by atoms with Crippen molar-refractivity contribution in [3.8, 4) is 0 Å². The van der Waals surface area contributed by atoms with E-state index >= 15 is 0 Å². The van der Waals surface area contributed by atoms with Crippen LogP contribution < -0.4 is 5.73 Å². The minimum atomic E-state index is -0.681. The Balaban J connectivity index is 2.66. The first kappa shape index (κ1) is 11.4. The van der Waals surface area contributed by atoms with E-state index in [-0.39, 0.29) is 6.61 Å². The predicted octanol–water partition coefficient (Wildman–Crippen LogP) is 1.02. The van der Waals surface area contributed by atoms with Crippen molar-refractivity contribution in [2.75, 3.05) is 18.1 Å². The normalized spacial score (nSPS) is 12.8. The molecule has 3 nitrogen and oxygen atoms in total. The lowest BCUT2D eigenvalue weighted by atomic mass is 10.2. The molecule has 0 amide bonds. The van der Waals surface area contributed by atoms with Gasteiger partial charge in [0, 0.05) is 16.3 Å². The molecule has 0 bridgehead atoms. The van der Waals surface area contributed by atoms with Crippen LogP contribution in [0.4, 0.5) is 5.69 Å². The van der Waals surface area contributed by atoms with E-state index in [0.29, 0.717) is 5.75 Å². The van der Waals surface area contributed by atoms with Crippen LogP contribution in [0.15, 0.2) is 23.1 Å². The zero-order chi connectivity index (χ0) is 10.6. The van der Waals surface area contributed by atoms with Gasteiger partial charge in [-0.15, -0.1) is 11.8 Å². The molecule has 0 aliphatic carbocycles. The second-order valence-electron chi connectivity index (χ2n) is 3.14. The Labute approximate surface area is 87.9 Å². The number of aryl methyl sites for hydroxylation is 1. The maximum absolute atomic E-state index is 9.19. The van der Waals surface area contributed by atoms with Crippen LogP contribution in [0.25, 0.3) is 0 Å². The van der Waals surface area contributed by atoms with Gasteiger partial charge in [-0.2, -0.15) is 0 Å². The molecule has 0 saturated heterocycles. The number of hydrogen-bond acceptors (Lipinski definition) is 4. The summed E-state index contributed by atoms with van der Waals surface area (Å²) in [5, 5.41) is 17.8. The molecule has 1 unspecified atom stereocenters. The van der Waals surface area contributed by atoms with Crippen molar-refractivity contribution in [1.29, 1.82) is 0 Å². The quantitative estimate of drug-likeness (QED) is 0.516. The first-order valence-corrected chi connectivity index (χ1v) is 5.40. The topological polar surface area (TPSA) is 66.5 Å². The van der Waals surface area contributed by atoms with E-state index in [1.165, 1.54) is 11.8 Å². The summed E-state index contributed by atoms with van der Waals surface area (Å²) in [6.07, 6.45) is -0.681. The van der Waals surface area contributed by atoms with Crippen molar-refractivity contribution in [2.24, 2.45) is 0 Å². The van der Waals surface area contributed by atoms with Crippen molar-refractivity contribution < 1.29 is 10.2 Å². The van der Waals surface area contributed by atoms with Crippen molar-refractivity contribution in [2.45, 2.75) is 17.9 Å². The molecular weight excluding hydrogens is 198 g/mol. The zero-order valence-corrected chi connectivity index (χ0v) is 8.92. The Morgan fingerprint density at radius 3 is 2.79 bits per heavy atom. The highest BCUT2D eigenvalue weighted by molar-refractivity contribution is 7.99. The van der Waals surface area contributed by atoms with E-state index in [4.69, 9.17) is 10.8 Å². The summed E-state index contributed by atoms with van der Waals surface area (Å²) < 4.78 is 0. The van der Waals surface area contributed by atoms with Crippen molar-refractivity contribution >= 4 is 17.4 Å². The number of nitrogen functional groups attached to an aromatic ring is 1. The van der Waals surface area contributed by atoms with E-state index < -0.39 is 6.10 Å². The summed E-state index contributed by atoms with van der Waals surface area (Å²) in [5.41, 5.74) is 7.60. The number of rotatable bonds is 4. The molecule has 14 heavy (non-hydrogen) atoms. The smallest absolute Gasteiger partial charge is 0.0864 e. The first-order chi connectivity index (χ1) is 6.65. The fourth-order valence-corrected chi connectivity index (χ4v) is 2.10. The zero-order valence-electron chi connectivity index (χ0n) is 8.10. The van der Waals surface area contributed by atoms with Crippen LogP contribution in [0.5, 0.6) is 0 Å². The molecule has 1 atom stereocenters. The maximum Gasteiger partial charge on any atom is 0.0864 e. The van der Waals surface area contributed by atoms with Gasteiger partial charge in [0.2, 0.25) is 0 Å². The van der Waals surface area contributed by atoms with Gasteiger partial charge in [-0.05, 0) is 18.6 Å². The second kappa shape index (κ2) is 5.24. The van der Waals surface area contributed by atoms with Gasteiger partial charge in [0.1, 0.15) is 0 Å².